The lowest BCUT2D eigenvalue weighted by atomic mass is 10.0. The molecule has 0 amide bonds. The van der Waals surface area contributed by atoms with E-state index in [0.29, 0.717) is 0 Å². The Kier molecular flexibility index (Phi) is 7.18. The lowest BCUT2D eigenvalue weighted by Gasteiger charge is -2.04. The van der Waals surface area contributed by atoms with Gasteiger partial charge in [-0.25, -0.2) is 0 Å². The Morgan fingerprint density at radius 2 is 1.86 bits per heavy atom. The van der Waals surface area contributed by atoms with Gasteiger partial charge in [0.05, 0.1) is 0 Å². The van der Waals surface area contributed by atoms with Gasteiger partial charge in [-0.2, -0.15) is 0 Å². The second-order valence-electron chi connectivity index (χ2n) is 3.84. The summed E-state index contributed by atoms with van der Waals surface area (Å²) in [6.07, 6.45) is 9.08. The van der Waals surface area contributed by atoms with Gasteiger partial charge in [0.25, 0.3) is 0 Å². The first kappa shape index (κ1) is 13.2. The molecule has 0 spiro atoms. The van der Waals surface area contributed by atoms with Crippen molar-refractivity contribution >= 4 is 0 Å². The summed E-state index contributed by atoms with van der Waals surface area (Å²) >= 11 is 0. The molecular weight excluding hydrogens is 168 g/mol. The van der Waals surface area contributed by atoms with Crippen LogP contribution in [0.15, 0.2) is 35.5 Å². The van der Waals surface area contributed by atoms with Gasteiger partial charge >= 0.3 is 0 Å². The van der Waals surface area contributed by atoms with Crippen LogP contribution in [0.25, 0.3) is 0 Å². The molecule has 0 saturated heterocycles. The van der Waals surface area contributed by atoms with Gasteiger partial charge in [-0.05, 0) is 38.7 Å². The third-order valence-corrected chi connectivity index (χ3v) is 2.69. The van der Waals surface area contributed by atoms with E-state index >= 15 is 0 Å². The lowest BCUT2D eigenvalue weighted by molar-refractivity contribution is 0.797. The quantitative estimate of drug-likeness (QED) is 0.517. The standard InChI is InChI=1S/C14H24/c1-6-9-10-14(8-3)11-13(5)12(4)7-2/h8,11H,3,6-7,9-10H2,1-2,4-5H3/b13-12-,14-11+. The molecule has 0 bridgehead atoms. The zero-order chi connectivity index (χ0) is 11.0. The summed E-state index contributed by atoms with van der Waals surface area (Å²) in [6, 6.07) is 0. The van der Waals surface area contributed by atoms with Crippen molar-refractivity contribution in [3.8, 4) is 0 Å². The molecular formula is C14H24. The third kappa shape index (κ3) is 5.06. The number of hydrogen-bond acceptors (Lipinski definition) is 0. The number of allylic oxidation sites excluding steroid dienone is 5. The molecule has 0 rings (SSSR count). The smallest absolute Gasteiger partial charge is 0.0279 e. The van der Waals surface area contributed by atoms with Crippen molar-refractivity contribution in [2.24, 2.45) is 0 Å². The van der Waals surface area contributed by atoms with Crippen LogP contribution >= 0.6 is 0 Å². The van der Waals surface area contributed by atoms with Crippen LogP contribution in [0.5, 0.6) is 0 Å². The molecule has 0 unspecified atom stereocenters. The van der Waals surface area contributed by atoms with Crippen LogP contribution in [-0.2, 0) is 0 Å². The SMILES string of the molecule is C=C/C(=C\C(C)=C(\C)CC)CCCC. The highest BCUT2D eigenvalue weighted by atomic mass is 14.0. The van der Waals surface area contributed by atoms with Crippen molar-refractivity contribution in [2.45, 2.75) is 53.4 Å². The zero-order valence-electron chi connectivity index (χ0n) is 10.2. The van der Waals surface area contributed by atoms with Crippen molar-refractivity contribution in [3.63, 3.8) is 0 Å². The summed E-state index contributed by atoms with van der Waals surface area (Å²) in [5.41, 5.74) is 4.25. The molecule has 0 saturated carbocycles. The first-order valence-corrected chi connectivity index (χ1v) is 5.65. The maximum absolute atomic E-state index is 3.86. The molecule has 14 heavy (non-hydrogen) atoms. The Morgan fingerprint density at radius 1 is 1.21 bits per heavy atom. The van der Waals surface area contributed by atoms with Gasteiger partial charge < -0.3 is 0 Å². The van der Waals surface area contributed by atoms with Crippen LogP contribution in [0.2, 0.25) is 0 Å². The number of unbranched alkanes of at least 4 members (excludes halogenated alkanes) is 1. The van der Waals surface area contributed by atoms with Gasteiger partial charge in [0, 0.05) is 0 Å². The Hall–Kier alpha value is -0.780. The van der Waals surface area contributed by atoms with Crippen LogP contribution < -0.4 is 0 Å². The average molecular weight is 192 g/mol. The minimum absolute atomic E-state index is 1.14. The van der Waals surface area contributed by atoms with Gasteiger partial charge in [-0.3, -0.25) is 0 Å². The van der Waals surface area contributed by atoms with Crippen LogP contribution in [0.3, 0.4) is 0 Å². The van der Waals surface area contributed by atoms with Crippen molar-refractivity contribution in [3.05, 3.63) is 35.5 Å². The fraction of sp³-hybridized carbons (Fsp3) is 0.571. The lowest BCUT2D eigenvalue weighted by Crippen LogP contribution is -1.84. The van der Waals surface area contributed by atoms with Crippen LogP contribution in [0.4, 0.5) is 0 Å². The van der Waals surface area contributed by atoms with E-state index in [4.69, 9.17) is 0 Å². The van der Waals surface area contributed by atoms with Gasteiger partial charge in [-0.1, -0.05) is 50.1 Å². The van der Waals surface area contributed by atoms with Crippen LogP contribution in [-0.4, -0.2) is 0 Å². The van der Waals surface area contributed by atoms with Gasteiger partial charge in [-0.15, -0.1) is 0 Å². The average Bonchev–Trinajstić information content (AvgIpc) is 2.22. The first-order chi connectivity index (χ1) is 6.65. The number of hydrogen-bond donors (Lipinski definition) is 0. The molecule has 0 fully saturated rings. The summed E-state index contributed by atoms with van der Waals surface area (Å²) < 4.78 is 0. The van der Waals surface area contributed by atoms with Crippen LogP contribution in [0.1, 0.15) is 53.4 Å². The molecule has 0 aromatic rings. The highest BCUT2D eigenvalue weighted by Gasteiger charge is 1.95. The van der Waals surface area contributed by atoms with E-state index in [1.165, 1.54) is 29.6 Å². The van der Waals surface area contributed by atoms with E-state index in [2.05, 4.69) is 40.3 Å². The Balaban J connectivity index is 4.50. The van der Waals surface area contributed by atoms with Gasteiger partial charge in [0.15, 0.2) is 0 Å². The zero-order valence-corrected chi connectivity index (χ0v) is 10.2. The topological polar surface area (TPSA) is 0 Å². The van der Waals surface area contributed by atoms with E-state index in [9.17, 15) is 0 Å². The molecule has 0 aliphatic rings. The Morgan fingerprint density at radius 3 is 2.29 bits per heavy atom. The maximum atomic E-state index is 3.86. The molecule has 0 radical (unpaired) electrons. The van der Waals surface area contributed by atoms with E-state index in [1.54, 1.807) is 0 Å². The van der Waals surface area contributed by atoms with E-state index in [0.717, 1.165) is 12.8 Å². The summed E-state index contributed by atoms with van der Waals surface area (Å²) in [4.78, 5) is 0. The molecule has 0 N–H and O–H groups in total. The fourth-order valence-corrected chi connectivity index (χ4v) is 1.29. The molecule has 0 aliphatic heterocycles. The van der Waals surface area contributed by atoms with E-state index in [1.807, 2.05) is 6.08 Å². The molecule has 0 nitrogen and oxygen atoms in total. The minimum atomic E-state index is 1.14. The van der Waals surface area contributed by atoms with Crippen molar-refractivity contribution in [1.29, 1.82) is 0 Å². The highest BCUT2D eigenvalue weighted by Crippen LogP contribution is 2.15. The normalized spacial score (nSPS) is 13.9. The Labute approximate surface area is 89.4 Å². The summed E-state index contributed by atoms with van der Waals surface area (Å²) in [5.74, 6) is 0. The molecule has 0 heteroatoms. The van der Waals surface area contributed by atoms with Crippen molar-refractivity contribution < 1.29 is 0 Å². The van der Waals surface area contributed by atoms with Gasteiger partial charge in [0.2, 0.25) is 0 Å². The summed E-state index contributed by atoms with van der Waals surface area (Å²) in [6.45, 7) is 12.7. The largest absolute Gasteiger partial charge is 0.0988 e. The van der Waals surface area contributed by atoms with E-state index < -0.39 is 0 Å². The number of rotatable bonds is 6. The monoisotopic (exact) mass is 192 g/mol. The second kappa shape index (κ2) is 7.61. The summed E-state index contributed by atoms with van der Waals surface area (Å²) in [7, 11) is 0. The molecule has 0 aromatic heterocycles. The maximum Gasteiger partial charge on any atom is -0.0279 e. The molecule has 0 aromatic carbocycles. The van der Waals surface area contributed by atoms with Crippen LogP contribution in [0, 0.1) is 0 Å². The third-order valence-electron chi connectivity index (χ3n) is 2.69. The highest BCUT2D eigenvalue weighted by molar-refractivity contribution is 5.30. The van der Waals surface area contributed by atoms with E-state index in [-0.39, 0.29) is 0 Å². The molecule has 0 aliphatic carbocycles. The predicted molar refractivity (Wildman–Crippen MR) is 66.5 cm³/mol. The molecule has 80 valence electrons. The summed E-state index contributed by atoms with van der Waals surface area (Å²) in [5, 5.41) is 0. The van der Waals surface area contributed by atoms with Gasteiger partial charge in [0.1, 0.15) is 0 Å². The predicted octanol–water partition coefficient (Wildman–Crippen LogP) is 5.04. The Bertz CT molecular complexity index is 228. The fourth-order valence-electron chi connectivity index (χ4n) is 1.29. The second-order valence-corrected chi connectivity index (χ2v) is 3.84. The minimum Gasteiger partial charge on any atom is -0.0988 e. The van der Waals surface area contributed by atoms with Crippen molar-refractivity contribution in [1.82, 2.24) is 0 Å². The molecule has 0 atom stereocenters. The molecule has 0 heterocycles. The first-order valence-electron chi connectivity index (χ1n) is 5.65. The van der Waals surface area contributed by atoms with Crippen molar-refractivity contribution in [2.75, 3.05) is 0 Å².